The van der Waals surface area contributed by atoms with E-state index in [4.69, 9.17) is 15.2 Å². The lowest BCUT2D eigenvalue weighted by Crippen LogP contribution is -2.17. The lowest BCUT2D eigenvalue weighted by molar-refractivity contribution is -0.141. The van der Waals surface area contributed by atoms with Gasteiger partial charge >= 0.3 is 5.97 Å². The van der Waals surface area contributed by atoms with Crippen LogP contribution < -0.4 is 15.2 Å². The van der Waals surface area contributed by atoms with Crippen molar-refractivity contribution in [2.75, 3.05) is 21.3 Å². The molecule has 0 aromatic heterocycles. The van der Waals surface area contributed by atoms with E-state index in [0.29, 0.717) is 5.75 Å². The summed E-state index contributed by atoms with van der Waals surface area (Å²) in [4.78, 5) is 11.1. The van der Waals surface area contributed by atoms with Gasteiger partial charge in [0.05, 0.1) is 27.8 Å². The number of benzene rings is 1. The van der Waals surface area contributed by atoms with Gasteiger partial charge in [0, 0.05) is 17.7 Å². The molecule has 108 valence electrons. The number of hydrogen-bond donors (Lipinski definition) is 1. The highest BCUT2D eigenvalue weighted by molar-refractivity contribution is 5.85. The van der Waals surface area contributed by atoms with Crippen molar-refractivity contribution in [2.45, 2.75) is 12.5 Å². The summed E-state index contributed by atoms with van der Waals surface area (Å²) in [6.45, 7) is 0. The van der Waals surface area contributed by atoms with E-state index in [-0.39, 0.29) is 30.1 Å². The Balaban J connectivity index is 0.00000324. The molecule has 0 saturated carbocycles. The summed E-state index contributed by atoms with van der Waals surface area (Å²) in [5, 5.41) is 0. The minimum atomic E-state index is -0.794. The summed E-state index contributed by atoms with van der Waals surface area (Å²) >= 11 is 0. The largest absolute Gasteiger partial charge is 0.493 e. The fourth-order valence-electron chi connectivity index (χ4n) is 1.53. The van der Waals surface area contributed by atoms with E-state index in [1.165, 1.54) is 33.5 Å². The van der Waals surface area contributed by atoms with E-state index in [9.17, 15) is 9.18 Å². The van der Waals surface area contributed by atoms with Gasteiger partial charge in [0.1, 0.15) is 5.82 Å². The number of hydrogen-bond acceptors (Lipinski definition) is 5. The van der Waals surface area contributed by atoms with Gasteiger partial charge in [-0.2, -0.15) is 0 Å². The van der Waals surface area contributed by atoms with Crippen LogP contribution in [0.3, 0.4) is 0 Å². The zero-order valence-corrected chi connectivity index (χ0v) is 11.8. The van der Waals surface area contributed by atoms with Crippen molar-refractivity contribution in [3.05, 3.63) is 23.5 Å². The van der Waals surface area contributed by atoms with Crippen LogP contribution in [0.1, 0.15) is 18.0 Å². The van der Waals surface area contributed by atoms with Gasteiger partial charge in [-0.25, -0.2) is 4.39 Å². The van der Waals surface area contributed by atoms with Crippen LogP contribution in [0.2, 0.25) is 0 Å². The molecular formula is C12H17ClFNO4. The van der Waals surface area contributed by atoms with Gasteiger partial charge in [-0.05, 0) is 6.07 Å². The number of rotatable bonds is 5. The fourth-order valence-corrected chi connectivity index (χ4v) is 1.53. The summed E-state index contributed by atoms with van der Waals surface area (Å²) < 4.78 is 28.3. The zero-order valence-electron chi connectivity index (χ0n) is 10.9. The first-order valence-electron chi connectivity index (χ1n) is 5.27. The lowest BCUT2D eigenvalue weighted by atomic mass is 10.0. The second kappa shape index (κ2) is 7.81. The molecule has 0 aliphatic rings. The molecule has 0 spiro atoms. The van der Waals surface area contributed by atoms with E-state index in [1.54, 1.807) is 0 Å². The quantitative estimate of drug-likeness (QED) is 0.839. The Kier molecular flexibility index (Phi) is 7.18. The maximum absolute atomic E-state index is 13.8. The van der Waals surface area contributed by atoms with E-state index in [2.05, 4.69) is 4.74 Å². The first-order valence-corrected chi connectivity index (χ1v) is 5.27. The van der Waals surface area contributed by atoms with E-state index in [1.807, 2.05) is 0 Å². The predicted molar refractivity (Wildman–Crippen MR) is 70.3 cm³/mol. The fraction of sp³-hybridized carbons (Fsp3) is 0.417. The van der Waals surface area contributed by atoms with Crippen LogP contribution in [0.5, 0.6) is 11.5 Å². The molecule has 7 heteroatoms. The van der Waals surface area contributed by atoms with Gasteiger partial charge in [-0.3, -0.25) is 4.79 Å². The third kappa shape index (κ3) is 4.25. The number of ether oxygens (including phenoxy) is 3. The van der Waals surface area contributed by atoms with Crippen LogP contribution in [-0.2, 0) is 9.53 Å². The van der Waals surface area contributed by atoms with Gasteiger partial charge in [0.2, 0.25) is 0 Å². The molecule has 1 atom stereocenters. The van der Waals surface area contributed by atoms with Gasteiger partial charge in [-0.1, -0.05) is 0 Å². The maximum Gasteiger partial charge on any atom is 0.307 e. The Morgan fingerprint density at radius 1 is 1.26 bits per heavy atom. The van der Waals surface area contributed by atoms with Gasteiger partial charge in [0.25, 0.3) is 0 Å². The van der Waals surface area contributed by atoms with Crippen molar-refractivity contribution in [2.24, 2.45) is 5.73 Å². The summed E-state index contributed by atoms with van der Waals surface area (Å²) in [6, 6.07) is 1.80. The zero-order chi connectivity index (χ0) is 13.7. The van der Waals surface area contributed by atoms with E-state index >= 15 is 0 Å². The molecule has 1 aromatic rings. The molecule has 0 aliphatic heterocycles. The average molecular weight is 294 g/mol. The number of halogens is 2. The first-order chi connectivity index (χ1) is 8.53. The van der Waals surface area contributed by atoms with Crippen molar-refractivity contribution in [1.29, 1.82) is 0 Å². The summed E-state index contributed by atoms with van der Waals surface area (Å²) in [6.07, 6.45) is -0.108. The molecule has 0 amide bonds. The number of methoxy groups -OCH3 is 3. The maximum atomic E-state index is 13.8. The molecular weight excluding hydrogens is 277 g/mol. The highest BCUT2D eigenvalue weighted by Crippen LogP contribution is 2.32. The Hall–Kier alpha value is -1.53. The number of carbonyl (C=O) groups is 1. The second-order valence-electron chi connectivity index (χ2n) is 3.62. The number of nitrogens with two attached hydrogens (primary N) is 1. The minimum absolute atomic E-state index is 0. The van der Waals surface area contributed by atoms with Crippen molar-refractivity contribution in [1.82, 2.24) is 0 Å². The molecule has 2 N–H and O–H groups in total. The summed E-state index contributed by atoms with van der Waals surface area (Å²) in [5.41, 5.74) is 5.93. The molecule has 5 nitrogen and oxygen atoms in total. The molecule has 0 bridgehead atoms. The predicted octanol–water partition coefficient (Wildman–Crippen LogP) is 1.83. The van der Waals surface area contributed by atoms with Gasteiger partial charge < -0.3 is 19.9 Å². The minimum Gasteiger partial charge on any atom is -0.493 e. The van der Waals surface area contributed by atoms with Crippen molar-refractivity contribution < 1.29 is 23.4 Å². The third-order valence-electron chi connectivity index (χ3n) is 2.52. The monoisotopic (exact) mass is 293 g/mol. The van der Waals surface area contributed by atoms with Crippen LogP contribution in [-0.4, -0.2) is 27.3 Å². The normalized spacial score (nSPS) is 11.2. The van der Waals surface area contributed by atoms with E-state index < -0.39 is 17.8 Å². The SMILES string of the molecule is COC(=O)C[C@@H](N)c1cc(OC)c(OC)cc1F.Cl. The Morgan fingerprint density at radius 2 is 1.79 bits per heavy atom. The third-order valence-corrected chi connectivity index (χ3v) is 2.52. The molecule has 19 heavy (non-hydrogen) atoms. The number of carbonyl (C=O) groups excluding carboxylic acids is 1. The Bertz CT molecular complexity index is 442. The molecule has 0 unspecified atom stereocenters. The highest BCUT2D eigenvalue weighted by Gasteiger charge is 2.19. The molecule has 1 rings (SSSR count). The molecule has 0 heterocycles. The Labute approximate surface area is 117 Å². The smallest absolute Gasteiger partial charge is 0.307 e. The average Bonchev–Trinajstić information content (AvgIpc) is 2.37. The summed E-state index contributed by atoms with van der Waals surface area (Å²) in [5.74, 6) is -0.432. The van der Waals surface area contributed by atoms with Crippen LogP contribution in [0.15, 0.2) is 12.1 Å². The highest BCUT2D eigenvalue weighted by atomic mass is 35.5. The van der Waals surface area contributed by atoms with Crippen molar-refractivity contribution >= 4 is 18.4 Å². The van der Waals surface area contributed by atoms with Crippen LogP contribution in [0, 0.1) is 5.82 Å². The number of esters is 1. The van der Waals surface area contributed by atoms with Gasteiger partial charge in [-0.15, -0.1) is 12.4 Å². The molecule has 1 aromatic carbocycles. The molecule has 0 fully saturated rings. The van der Waals surface area contributed by atoms with Crippen molar-refractivity contribution in [3.8, 4) is 11.5 Å². The van der Waals surface area contributed by atoms with Gasteiger partial charge in [0.15, 0.2) is 11.5 Å². The second-order valence-corrected chi connectivity index (χ2v) is 3.62. The Morgan fingerprint density at radius 3 is 2.26 bits per heavy atom. The molecule has 0 aliphatic carbocycles. The molecule has 0 radical (unpaired) electrons. The van der Waals surface area contributed by atoms with Crippen LogP contribution in [0.4, 0.5) is 4.39 Å². The van der Waals surface area contributed by atoms with Crippen LogP contribution in [0.25, 0.3) is 0 Å². The van der Waals surface area contributed by atoms with Crippen LogP contribution >= 0.6 is 12.4 Å². The lowest BCUT2D eigenvalue weighted by Gasteiger charge is -2.15. The van der Waals surface area contributed by atoms with E-state index in [0.717, 1.165) is 0 Å². The van der Waals surface area contributed by atoms with Crippen molar-refractivity contribution in [3.63, 3.8) is 0 Å². The molecule has 0 saturated heterocycles. The first kappa shape index (κ1) is 17.5. The summed E-state index contributed by atoms with van der Waals surface area (Å²) in [7, 11) is 4.09. The standard InChI is InChI=1S/C12H16FNO4.ClH/c1-16-10-4-7(8(13)5-11(10)17-2)9(14)6-12(15)18-3;/h4-5,9H,6,14H2,1-3H3;1H/t9-;/m1./s1. The topological polar surface area (TPSA) is 70.8 Å².